The number of phenols is 1. The van der Waals surface area contributed by atoms with Crippen LogP contribution in [0.25, 0.3) is 0 Å². The Bertz CT molecular complexity index is 653. The van der Waals surface area contributed by atoms with E-state index in [9.17, 15) is 9.90 Å². The van der Waals surface area contributed by atoms with Crippen LogP contribution in [0.5, 0.6) is 11.5 Å². The maximum absolute atomic E-state index is 11.6. The molecule has 0 aliphatic carbocycles. The van der Waals surface area contributed by atoms with E-state index in [1.165, 1.54) is 7.11 Å². The van der Waals surface area contributed by atoms with Gasteiger partial charge in [-0.25, -0.2) is 4.79 Å². The van der Waals surface area contributed by atoms with Gasteiger partial charge in [0.25, 0.3) is 0 Å². The van der Waals surface area contributed by atoms with E-state index in [2.05, 4.69) is 31.9 Å². The van der Waals surface area contributed by atoms with Crippen LogP contribution in [-0.4, -0.2) is 18.2 Å². The molecule has 0 atom stereocenters. The molecule has 0 bridgehead atoms. The van der Waals surface area contributed by atoms with Crippen molar-refractivity contribution in [2.45, 2.75) is 6.61 Å². The minimum absolute atomic E-state index is 0.189. The Morgan fingerprint density at radius 1 is 1.14 bits per heavy atom. The van der Waals surface area contributed by atoms with E-state index in [1.54, 1.807) is 36.4 Å². The zero-order valence-electron chi connectivity index (χ0n) is 11.1. The Hall–Kier alpha value is -1.53. The highest BCUT2D eigenvalue weighted by Gasteiger charge is 2.14. The molecule has 0 heterocycles. The quantitative estimate of drug-likeness (QED) is 0.757. The predicted molar refractivity (Wildman–Crippen MR) is 85.6 cm³/mol. The van der Waals surface area contributed by atoms with Crippen LogP contribution in [0.1, 0.15) is 15.9 Å². The summed E-state index contributed by atoms with van der Waals surface area (Å²) < 4.78 is 11.7. The number of carbonyl (C=O) groups is 1. The number of esters is 1. The van der Waals surface area contributed by atoms with Crippen LogP contribution in [-0.2, 0) is 11.3 Å². The minimum atomic E-state index is -0.409. The van der Waals surface area contributed by atoms with Gasteiger partial charge in [-0.15, -0.1) is 0 Å². The number of carbonyl (C=O) groups excluding carboxylic acids is 1. The lowest BCUT2D eigenvalue weighted by molar-refractivity contribution is 0.0599. The van der Waals surface area contributed by atoms with Crippen molar-refractivity contribution in [2.24, 2.45) is 0 Å². The van der Waals surface area contributed by atoms with Gasteiger partial charge in [-0.1, -0.05) is 15.9 Å². The van der Waals surface area contributed by atoms with Gasteiger partial charge in [0.15, 0.2) is 0 Å². The standard InChI is InChI=1S/C15H12Br2O4/c1-20-15(19)12-7-13(16)9(6-14(12)17)8-21-11-4-2-10(18)3-5-11/h2-7,18H,8H2,1H3. The highest BCUT2D eigenvalue weighted by molar-refractivity contribution is 9.11. The Labute approximate surface area is 139 Å². The van der Waals surface area contributed by atoms with E-state index in [1.807, 2.05) is 0 Å². The normalized spacial score (nSPS) is 10.2. The van der Waals surface area contributed by atoms with Gasteiger partial charge in [0.1, 0.15) is 18.1 Å². The lowest BCUT2D eigenvalue weighted by Gasteiger charge is -2.11. The van der Waals surface area contributed by atoms with Gasteiger partial charge in [-0.05, 0) is 52.3 Å². The molecule has 110 valence electrons. The van der Waals surface area contributed by atoms with Gasteiger partial charge >= 0.3 is 5.97 Å². The summed E-state index contributed by atoms with van der Waals surface area (Å²) in [6, 6.07) is 9.96. The van der Waals surface area contributed by atoms with Crippen LogP contribution < -0.4 is 4.74 Å². The topological polar surface area (TPSA) is 55.8 Å². The smallest absolute Gasteiger partial charge is 0.339 e. The van der Waals surface area contributed by atoms with Gasteiger partial charge in [0, 0.05) is 14.5 Å². The van der Waals surface area contributed by atoms with Gasteiger partial charge in [0.05, 0.1) is 12.7 Å². The van der Waals surface area contributed by atoms with Crippen molar-refractivity contribution in [1.82, 2.24) is 0 Å². The Balaban J connectivity index is 2.15. The first-order valence-corrected chi connectivity index (χ1v) is 7.58. The number of phenolic OH excluding ortho intramolecular Hbond substituents is 1. The number of ether oxygens (including phenoxy) is 2. The molecule has 2 aromatic rings. The van der Waals surface area contributed by atoms with Crippen molar-refractivity contribution in [3.8, 4) is 11.5 Å². The van der Waals surface area contributed by atoms with Crippen LogP contribution in [0, 0.1) is 0 Å². The second-order valence-electron chi connectivity index (χ2n) is 4.20. The lowest BCUT2D eigenvalue weighted by Crippen LogP contribution is -2.04. The number of methoxy groups -OCH3 is 1. The molecule has 0 saturated heterocycles. The van der Waals surface area contributed by atoms with E-state index in [0.29, 0.717) is 22.4 Å². The average molecular weight is 416 g/mol. The molecule has 0 aliphatic heterocycles. The molecule has 0 aliphatic rings. The van der Waals surface area contributed by atoms with E-state index in [0.717, 1.165) is 10.0 Å². The first-order valence-electron chi connectivity index (χ1n) is 5.99. The van der Waals surface area contributed by atoms with Crippen molar-refractivity contribution in [3.63, 3.8) is 0 Å². The number of halogens is 2. The van der Waals surface area contributed by atoms with E-state index in [4.69, 9.17) is 9.47 Å². The Morgan fingerprint density at radius 3 is 2.43 bits per heavy atom. The molecule has 2 aromatic carbocycles. The number of benzene rings is 2. The monoisotopic (exact) mass is 414 g/mol. The van der Waals surface area contributed by atoms with Crippen molar-refractivity contribution < 1.29 is 19.4 Å². The van der Waals surface area contributed by atoms with E-state index in [-0.39, 0.29) is 5.75 Å². The fourth-order valence-electron chi connectivity index (χ4n) is 1.67. The van der Waals surface area contributed by atoms with Crippen LogP contribution in [0.2, 0.25) is 0 Å². The first-order chi connectivity index (χ1) is 10.0. The third-order valence-electron chi connectivity index (χ3n) is 2.77. The number of aromatic hydroxyl groups is 1. The fourth-order valence-corrected chi connectivity index (χ4v) is 2.68. The maximum atomic E-state index is 11.6. The zero-order valence-corrected chi connectivity index (χ0v) is 14.3. The second kappa shape index (κ2) is 6.95. The molecular weight excluding hydrogens is 404 g/mol. The van der Waals surface area contributed by atoms with E-state index < -0.39 is 5.97 Å². The van der Waals surface area contributed by atoms with Crippen molar-refractivity contribution in [2.75, 3.05) is 7.11 Å². The summed E-state index contributed by atoms with van der Waals surface area (Å²) in [5.74, 6) is 0.426. The molecule has 0 saturated carbocycles. The molecule has 0 spiro atoms. The van der Waals surface area contributed by atoms with Gasteiger partial charge in [0.2, 0.25) is 0 Å². The summed E-state index contributed by atoms with van der Waals surface area (Å²) in [5, 5.41) is 9.22. The van der Waals surface area contributed by atoms with Crippen LogP contribution in [0.15, 0.2) is 45.3 Å². The Morgan fingerprint density at radius 2 is 1.81 bits per heavy atom. The summed E-state index contributed by atoms with van der Waals surface area (Å²) in [7, 11) is 1.34. The minimum Gasteiger partial charge on any atom is -0.508 e. The summed E-state index contributed by atoms with van der Waals surface area (Å²) >= 11 is 6.76. The molecule has 0 fully saturated rings. The van der Waals surface area contributed by atoms with Crippen molar-refractivity contribution >= 4 is 37.8 Å². The highest BCUT2D eigenvalue weighted by atomic mass is 79.9. The number of hydrogen-bond donors (Lipinski definition) is 1. The third-order valence-corrected chi connectivity index (χ3v) is 4.17. The molecule has 0 radical (unpaired) electrons. The average Bonchev–Trinajstić information content (AvgIpc) is 2.48. The molecule has 21 heavy (non-hydrogen) atoms. The molecule has 4 nitrogen and oxygen atoms in total. The molecule has 0 aromatic heterocycles. The predicted octanol–water partition coefficient (Wildman–Crippen LogP) is 4.28. The maximum Gasteiger partial charge on any atom is 0.339 e. The summed E-state index contributed by atoms with van der Waals surface area (Å²) in [5.41, 5.74) is 1.32. The zero-order chi connectivity index (χ0) is 15.4. The summed E-state index contributed by atoms with van der Waals surface area (Å²) in [6.45, 7) is 0.325. The largest absolute Gasteiger partial charge is 0.508 e. The molecule has 2 rings (SSSR count). The third kappa shape index (κ3) is 3.98. The van der Waals surface area contributed by atoms with E-state index >= 15 is 0 Å². The molecule has 0 amide bonds. The molecule has 6 heteroatoms. The van der Waals surface area contributed by atoms with Crippen molar-refractivity contribution in [1.29, 1.82) is 0 Å². The molecule has 1 N–H and O–H groups in total. The SMILES string of the molecule is COC(=O)c1cc(Br)c(COc2ccc(O)cc2)cc1Br. The summed E-state index contributed by atoms with van der Waals surface area (Å²) in [6.07, 6.45) is 0. The number of hydrogen-bond acceptors (Lipinski definition) is 4. The molecule has 0 unspecified atom stereocenters. The van der Waals surface area contributed by atoms with Crippen LogP contribution in [0.4, 0.5) is 0 Å². The van der Waals surface area contributed by atoms with Gasteiger partial charge in [-0.3, -0.25) is 0 Å². The Kier molecular flexibility index (Phi) is 5.25. The number of rotatable bonds is 4. The van der Waals surface area contributed by atoms with Gasteiger partial charge in [-0.2, -0.15) is 0 Å². The highest BCUT2D eigenvalue weighted by Crippen LogP contribution is 2.28. The van der Waals surface area contributed by atoms with Crippen LogP contribution >= 0.6 is 31.9 Å². The van der Waals surface area contributed by atoms with Gasteiger partial charge < -0.3 is 14.6 Å². The summed E-state index contributed by atoms with van der Waals surface area (Å²) in [4.78, 5) is 11.6. The fraction of sp³-hybridized carbons (Fsp3) is 0.133. The van der Waals surface area contributed by atoms with Crippen molar-refractivity contribution in [3.05, 3.63) is 56.5 Å². The second-order valence-corrected chi connectivity index (χ2v) is 5.91. The molecular formula is C15H12Br2O4. The first kappa shape index (κ1) is 15.9. The lowest BCUT2D eigenvalue weighted by atomic mass is 10.1. The van der Waals surface area contributed by atoms with Crippen LogP contribution in [0.3, 0.4) is 0 Å².